The minimum atomic E-state index is -1.26. The Labute approximate surface area is 170 Å². The van der Waals surface area contributed by atoms with Crippen molar-refractivity contribution in [2.45, 2.75) is 44.0 Å². The van der Waals surface area contributed by atoms with E-state index >= 15 is 0 Å². The van der Waals surface area contributed by atoms with Crippen molar-refractivity contribution in [3.63, 3.8) is 0 Å². The van der Waals surface area contributed by atoms with Crippen molar-refractivity contribution in [3.05, 3.63) is 58.6 Å². The van der Waals surface area contributed by atoms with Gasteiger partial charge in [0.25, 0.3) is 0 Å². The lowest BCUT2D eigenvalue weighted by molar-refractivity contribution is -0.164. The summed E-state index contributed by atoms with van der Waals surface area (Å²) in [5, 5.41) is 22.8. The van der Waals surface area contributed by atoms with Gasteiger partial charge in [-0.05, 0) is 36.2 Å². The summed E-state index contributed by atoms with van der Waals surface area (Å²) in [6.45, 7) is 1.86. The zero-order chi connectivity index (χ0) is 20.3. The lowest BCUT2D eigenvalue weighted by atomic mass is 9.92. The number of rotatable bonds is 2. The first kappa shape index (κ1) is 18.5. The van der Waals surface area contributed by atoms with Gasteiger partial charge in [-0.3, -0.25) is 4.79 Å². The number of halogens is 1. The molecule has 29 heavy (non-hydrogen) atoms. The van der Waals surface area contributed by atoms with Crippen LogP contribution in [0.15, 0.2) is 36.8 Å². The lowest BCUT2D eigenvalue weighted by Crippen LogP contribution is -2.38. The minimum absolute atomic E-state index is 0.0969. The van der Waals surface area contributed by atoms with Crippen LogP contribution in [0.2, 0.25) is 5.02 Å². The predicted octanol–water partition coefficient (Wildman–Crippen LogP) is 1.85. The zero-order valence-corrected chi connectivity index (χ0v) is 16.2. The fraction of sp³-hybridized carbons (Fsp3) is 0.350. The summed E-state index contributed by atoms with van der Waals surface area (Å²) < 4.78 is 13.2. The molecule has 0 saturated carbocycles. The van der Waals surface area contributed by atoms with Crippen molar-refractivity contribution in [1.82, 2.24) is 14.5 Å². The molecule has 2 aliphatic rings. The number of carbonyl (C=O) groups excluding carboxylic acids is 1. The summed E-state index contributed by atoms with van der Waals surface area (Å²) in [6, 6.07) is 6.99. The van der Waals surface area contributed by atoms with E-state index in [1.54, 1.807) is 29.0 Å². The number of nitrogens with zero attached hydrogens (tertiary/aromatic N) is 3. The number of esters is 1. The molecule has 0 unspecified atom stereocenters. The molecule has 5 rings (SSSR count). The minimum Gasteiger partial charge on any atom is -0.454 e. The predicted molar refractivity (Wildman–Crippen MR) is 102 cm³/mol. The van der Waals surface area contributed by atoms with Crippen LogP contribution < -0.4 is 0 Å². The molecule has 0 aliphatic carbocycles. The van der Waals surface area contributed by atoms with Gasteiger partial charge < -0.3 is 24.3 Å². The van der Waals surface area contributed by atoms with Crippen LogP contribution in [-0.2, 0) is 20.7 Å². The third kappa shape index (κ3) is 2.91. The molecule has 0 bridgehead atoms. The number of hydrogen-bond acceptors (Lipinski definition) is 7. The largest absolute Gasteiger partial charge is 0.454 e. The Bertz CT molecular complexity index is 1120. The number of aliphatic hydroxyl groups is 2. The monoisotopic (exact) mass is 415 g/mol. The first-order chi connectivity index (χ1) is 13.9. The SMILES string of the molecule is Cc1ncnc2c1ccn2[C@H]1O[C@H]([C@@H]2OC(=O)Cc3cc(Cl)ccc32)[C@@H](O)[C@H]1O. The highest BCUT2D eigenvalue weighted by atomic mass is 35.5. The van der Waals surface area contributed by atoms with Gasteiger partial charge in [0, 0.05) is 16.6 Å². The van der Waals surface area contributed by atoms with Crippen LogP contribution in [-0.4, -0.2) is 49.0 Å². The van der Waals surface area contributed by atoms with Gasteiger partial charge in [0.15, 0.2) is 12.3 Å². The summed E-state index contributed by atoms with van der Waals surface area (Å²) in [5.41, 5.74) is 2.82. The van der Waals surface area contributed by atoms with Crippen LogP contribution in [0.3, 0.4) is 0 Å². The van der Waals surface area contributed by atoms with E-state index in [9.17, 15) is 15.0 Å². The third-order valence-corrected chi connectivity index (χ3v) is 5.80. The number of cyclic esters (lactones) is 1. The Morgan fingerprint density at radius 1 is 1.21 bits per heavy atom. The topological polar surface area (TPSA) is 107 Å². The molecule has 8 nitrogen and oxygen atoms in total. The van der Waals surface area contributed by atoms with E-state index < -0.39 is 36.6 Å². The molecule has 2 aliphatic heterocycles. The smallest absolute Gasteiger partial charge is 0.310 e. The number of fused-ring (bicyclic) bond motifs is 2. The van der Waals surface area contributed by atoms with Gasteiger partial charge in [0.05, 0.1) is 12.1 Å². The molecule has 150 valence electrons. The highest BCUT2D eigenvalue weighted by molar-refractivity contribution is 6.30. The number of carbonyl (C=O) groups is 1. The summed E-state index contributed by atoms with van der Waals surface area (Å²) >= 11 is 6.05. The molecule has 4 heterocycles. The fourth-order valence-electron chi connectivity index (χ4n) is 4.12. The van der Waals surface area contributed by atoms with Crippen LogP contribution in [0.4, 0.5) is 0 Å². The molecule has 1 saturated heterocycles. The zero-order valence-electron chi connectivity index (χ0n) is 15.4. The average Bonchev–Trinajstić information content (AvgIpc) is 3.23. The second kappa shape index (κ2) is 6.77. The van der Waals surface area contributed by atoms with Gasteiger partial charge in [0.2, 0.25) is 0 Å². The molecule has 5 atom stereocenters. The van der Waals surface area contributed by atoms with Crippen molar-refractivity contribution in [1.29, 1.82) is 0 Å². The van der Waals surface area contributed by atoms with E-state index in [1.165, 1.54) is 6.33 Å². The maximum atomic E-state index is 12.1. The molecule has 2 N–H and O–H groups in total. The second-order valence-electron chi connectivity index (χ2n) is 7.32. The normalized spacial score (nSPS) is 29.1. The number of hydrogen-bond donors (Lipinski definition) is 2. The van der Waals surface area contributed by atoms with E-state index in [-0.39, 0.29) is 6.42 Å². The van der Waals surface area contributed by atoms with Gasteiger partial charge in [-0.2, -0.15) is 0 Å². The summed E-state index contributed by atoms with van der Waals surface area (Å²) in [4.78, 5) is 20.6. The molecular weight excluding hydrogens is 398 g/mol. The fourth-order valence-corrected chi connectivity index (χ4v) is 4.31. The maximum absolute atomic E-state index is 12.1. The summed E-state index contributed by atoms with van der Waals surface area (Å²) in [6.07, 6.45) is -1.92. The van der Waals surface area contributed by atoms with Crippen molar-refractivity contribution in [2.75, 3.05) is 0 Å². The Balaban J connectivity index is 1.52. The molecule has 0 spiro atoms. The summed E-state index contributed by atoms with van der Waals surface area (Å²) in [7, 11) is 0. The quantitative estimate of drug-likeness (QED) is 0.615. The van der Waals surface area contributed by atoms with E-state index in [0.29, 0.717) is 16.2 Å². The molecule has 0 amide bonds. The van der Waals surface area contributed by atoms with E-state index in [0.717, 1.165) is 16.6 Å². The van der Waals surface area contributed by atoms with Gasteiger partial charge in [-0.25, -0.2) is 9.97 Å². The van der Waals surface area contributed by atoms with Gasteiger partial charge >= 0.3 is 5.97 Å². The van der Waals surface area contributed by atoms with Crippen molar-refractivity contribution in [3.8, 4) is 0 Å². The molecule has 1 aromatic carbocycles. The maximum Gasteiger partial charge on any atom is 0.310 e. The summed E-state index contributed by atoms with van der Waals surface area (Å²) in [5.74, 6) is -0.437. The third-order valence-electron chi connectivity index (χ3n) is 5.56. The molecule has 2 aromatic heterocycles. The molecule has 0 radical (unpaired) electrons. The first-order valence-electron chi connectivity index (χ1n) is 9.21. The standard InChI is InChI=1S/C20H18ClN3O5/c1-9-12-4-5-24(19(12)23-8-22-9)20-16(27)15(26)18(29-20)17-13-3-2-11(21)6-10(13)7-14(25)28-17/h2-6,8,15-18,20,26-27H,7H2,1H3/t15-,16+,17+,18-,20-/m0/s1. The highest BCUT2D eigenvalue weighted by Crippen LogP contribution is 2.42. The number of aromatic nitrogens is 3. The van der Waals surface area contributed by atoms with Crippen LogP contribution in [0, 0.1) is 6.92 Å². The van der Waals surface area contributed by atoms with Gasteiger partial charge in [-0.1, -0.05) is 17.7 Å². The molecule has 3 aromatic rings. The van der Waals surface area contributed by atoms with E-state index in [2.05, 4.69) is 9.97 Å². The van der Waals surface area contributed by atoms with Crippen molar-refractivity contribution >= 4 is 28.6 Å². The lowest BCUT2D eigenvalue weighted by Gasteiger charge is -2.31. The molecular formula is C20H18ClN3O5. The Morgan fingerprint density at radius 2 is 2.03 bits per heavy atom. The Hall–Kier alpha value is -2.52. The Kier molecular flexibility index (Phi) is 4.32. The van der Waals surface area contributed by atoms with Crippen molar-refractivity contribution < 1.29 is 24.5 Å². The molecule has 9 heteroatoms. The number of aliphatic hydroxyl groups excluding tert-OH is 2. The Morgan fingerprint density at radius 3 is 2.86 bits per heavy atom. The first-order valence-corrected chi connectivity index (χ1v) is 9.59. The van der Waals surface area contributed by atoms with Crippen LogP contribution in [0.25, 0.3) is 11.0 Å². The van der Waals surface area contributed by atoms with Crippen molar-refractivity contribution in [2.24, 2.45) is 0 Å². The van der Waals surface area contributed by atoms with Crippen LogP contribution in [0.5, 0.6) is 0 Å². The van der Waals surface area contributed by atoms with Gasteiger partial charge in [0.1, 0.15) is 30.3 Å². The van der Waals surface area contributed by atoms with Gasteiger partial charge in [-0.15, -0.1) is 0 Å². The number of aryl methyl sites for hydroxylation is 1. The second-order valence-corrected chi connectivity index (χ2v) is 7.76. The van der Waals surface area contributed by atoms with E-state index in [1.807, 2.05) is 13.0 Å². The highest BCUT2D eigenvalue weighted by Gasteiger charge is 2.50. The molecule has 1 fully saturated rings. The average molecular weight is 416 g/mol. The van der Waals surface area contributed by atoms with Crippen LogP contribution >= 0.6 is 11.6 Å². The number of ether oxygens (including phenoxy) is 2. The number of benzene rings is 1. The van der Waals surface area contributed by atoms with E-state index in [4.69, 9.17) is 21.1 Å². The van der Waals surface area contributed by atoms with Crippen LogP contribution in [0.1, 0.15) is 29.2 Å².